The van der Waals surface area contributed by atoms with Crippen LogP contribution in [0, 0.1) is 17.2 Å². The summed E-state index contributed by atoms with van der Waals surface area (Å²) < 4.78 is 0. The summed E-state index contributed by atoms with van der Waals surface area (Å²) >= 11 is 9.04. The lowest BCUT2D eigenvalue weighted by Gasteiger charge is -1.91. The topological polar surface area (TPSA) is 64.2 Å². The number of nitrogens with zero attached hydrogens (tertiary/aromatic N) is 1. The number of hydrogen-bond donors (Lipinski definition) is 2. The van der Waals surface area contributed by atoms with E-state index in [0.717, 1.165) is 0 Å². The molecule has 2 aromatic rings. The molecule has 0 aliphatic rings. The fourth-order valence-corrected chi connectivity index (χ4v) is 1.43. The number of nitriles is 1. The minimum absolute atomic E-state index is 0.0457. The Balaban J connectivity index is 0.000000332. The van der Waals surface area contributed by atoms with E-state index < -0.39 is 0 Å². The molecule has 23 heavy (non-hydrogen) atoms. The van der Waals surface area contributed by atoms with E-state index in [0.29, 0.717) is 11.1 Å². The highest BCUT2D eigenvalue weighted by atomic mass is 32.1. The summed E-state index contributed by atoms with van der Waals surface area (Å²) in [6, 6.07) is 20.2. The second-order valence-electron chi connectivity index (χ2n) is 4.63. The molecule has 0 saturated heterocycles. The molecular formula is C18H19NO2S2. The minimum Gasteiger partial charge on any atom is -0.499 e. The maximum absolute atomic E-state index is 8.76. The molecule has 3 nitrogen and oxygen atoms in total. The molecule has 0 bridgehead atoms. The molecular weight excluding hydrogens is 326 g/mol. The molecule has 0 fully saturated rings. The lowest BCUT2D eigenvalue weighted by Crippen LogP contribution is -1.91. The monoisotopic (exact) mass is 345 g/mol. The van der Waals surface area contributed by atoms with E-state index in [9.17, 15) is 0 Å². The molecule has 2 rings (SSSR count). The van der Waals surface area contributed by atoms with Gasteiger partial charge in [0, 0.05) is 17.0 Å². The molecule has 0 unspecified atom stereocenters. The van der Waals surface area contributed by atoms with Gasteiger partial charge in [0.1, 0.15) is 0 Å². The number of rotatable bonds is 2. The molecule has 0 aliphatic carbocycles. The molecule has 0 spiro atoms. The van der Waals surface area contributed by atoms with Crippen molar-refractivity contribution in [2.24, 2.45) is 5.92 Å². The van der Waals surface area contributed by atoms with Gasteiger partial charge in [-0.25, -0.2) is 0 Å². The maximum atomic E-state index is 8.76. The van der Waals surface area contributed by atoms with Crippen LogP contribution in [-0.2, 0) is 0 Å². The van der Waals surface area contributed by atoms with Crippen molar-refractivity contribution in [2.45, 2.75) is 13.8 Å². The third-order valence-corrected chi connectivity index (χ3v) is 2.77. The fraction of sp³-hybridized carbons (Fsp3) is 0.167. The Morgan fingerprint density at radius 1 is 0.826 bits per heavy atom. The van der Waals surface area contributed by atoms with Crippen molar-refractivity contribution in [3.63, 3.8) is 0 Å². The highest BCUT2D eigenvalue weighted by Gasteiger charge is 1.92. The third-order valence-electron chi connectivity index (χ3n) is 2.30. The molecule has 2 N–H and O–H groups in total. The van der Waals surface area contributed by atoms with Crippen LogP contribution in [-0.4, -0.2) is 20.3 Å². The number of thiocarbonyl (C=S) groups is 2. The van der Waals surface area contributed by atoms with Gasteiger partial charge >= 0.3 is 0 Å². The Morgan fingerprint density at radius 3 is 1.22 bits per heavy atom. The summed E-state index contributed by atoms with van der Waals surface area (Å²) in [5.74, 6) is 0.190. The van der Waals surface area contributed by atoms with Crippen molar-refractivity contribution in [1.82, 2.24) is 0 Å². The van der Waals surface area contributed by atoms with Crippen LogP contribution in [0.25, 0.3) is 0 Å². The second-order valence-corrected chi connectivity index (χ2v) is 5.40. The molecule has 0 atom stereocenters. The van der Waals surface area contributed by atoms with E-state index in [1.165, 1.54) is 0 Å². The van der Waals surface area contributed by atoms with E-state index in [2.05, 4.69) is 24.4 Å². The maximum Gasteiger partial charge on any atom is 0.188 e. The van der Waals surface area contributed by atoms with Gasteiger partial charge in [0.25, 0.3) is 0 Å². The number of hydrogen-bond acceptors (Lipinski definition) is 3. The van der Waals surface area contributed by atoms with Gasteiger partial charge in [-0.15, -0.1) is 0 Å². The Morgan fingerprint density at radius 2 is 1.09 bits per heavy atom. The number of benzene rings is 2. The first-order valence-electron chi connectivity index (χ1n) is 6.84. The summed E-state index contributed by atoms with van der Waals surface area (Å²) in [5, 5.41) is 25.3. The molecule has 0 aromatic heterocycles. The highest BCUT2D eigenvalue weighted by Crippen LogP contribution is 1.98. The molecule has 0 aliphatic heterocycles. The van der Waals surface area contributed by atoms with E-state index >= 15 is 0 Å². The Kier molecular flexibility index (Phi) is 11.1. The summed E-state index contributed by atoms with van der Waals surface area (Å²) in [5.41, 5.74) is 1.40. The van der Waals surface area contributed by atoms with Crippen LogP contribution in [0.3, 0.4) is 0 Å². The van der Waals surface area contributed by atoms with E-state index in [1.807, 2.05) is 56.3 Å². The highest BCUT2D eigenvalue weighted by molar-refractivity contribution is 7.80. The second kappa shape index (κ2) is 12.3. The van der Waals surface area contributed by atoms with Crippen LogP contribution in [0.2, 0.25) is 0 Å². The van der Waals surface area contributed by atoms with Crippen molar-refractivity contribution in [2.75, 3.05) is 0 Å². The average molecular weight is 345 g/mol. The summed E-state index contributed by atoms with van der Waals surface area (Å²) in [6.45, 7) is 3.72. The van der Waals surface area contributed by atoms with Gasteiger partial charge in [-0.05, 0) is 38.3 Å². The lowest BCUT2D eigenvalue weighted by atomic mass is 10.2. The Bertz CT molecular complexity index is 586. The summed E-state index contributed by atoms with van der Waals surface area (Å²) in [7, 11) is 0. The third kappa shape index (κ3) is 11.0. The van der Waals surface area contributed by atoms with Gasteiger partial charge in [0.05, 0.1) is 6.07 Å². The van der Waals surface area contributed by atoms with Crippen LogP contribution < -0.4 is 0 Å². The van der Waals surface area contributed by atoms with Crippen LogP contribution in [0.15, 0.2) is 60.7 Å². The van der Waals surface area contributed by atoms with Crippen molar-refractivity contribution < 1.29 is 10.2 Å². The van der Waals surface area contributed by atoms with E-state index in [1.54, 1.807) is 24.3 Å². The van der Waals surface area contributed by atoms with Crippen molar-refractivity contribution >= 4 is 34.5 Å². The fourth-order valence-electron chi connectivity index (χ4n) is 1.16. The smallest absolute Gasteiger partial charge is 0.188 e. The van der Waals surface area contributed by atoms with Gasteiger partial charge in [-0.3, -0.25) is 0 Å². The van der Waals surface area contributed by atoms with Gasteiger partial charge < -0.3 is 10.2 Å². The first-order valence-corrected chi connectivity index (χ1v) is 7.66. The standard InChI is InChI=1S/2C7H6OS.C4H7N/c2*8-7(9)6-4-2-1-3-5-6;1-4(2)3-5/h2*1-5H,(H,8,9);4H,1-2H3. The summed E-state index contributed by atoms with van der Waals surface area (Å²) in [4.78, 5) is 0. The quantitative estimate of drug-likeness (QED) is 0.749. The SMILES string of the molecule is CC(C)C#N.OC(=S)c1ccccc1.OC(=S)c1ccccc1. The predicted molar refractivity (Wildman–Crippen MR) is 102 cm³/mol. The zero-order valence-electron chi connectivity index (χ0n) is 13.0. The normalized spacial score (nSPS) is 8.61. The molecule has 0 radical (unpaired) electrons. The Hall–Kier alpha value is -2.29. The molecule has 120 valence electrons. The zero-order valence-corrected chi connectivity index (χ0v) is 14.6. The zero-order chi connectivity index (χ0) is 17.7. The largest absolute Gasteiger partial charge is 0.499 e. The van der Waals surface area contributed by atoms with Crippen molar-refractivity contribution in [3.05, 3.63) is 71.8 Å². The van der Waals surface area contributed by atoms with Crippen molar-refractivity contribution in [1.29, 1.82) is 5.26 Å². The van der Waals surface area contributed by atoms with Crippen LogP contribution >= 0.6 is 24.4 Å². The van der Waals surface area contributed by atoms with E-state index in [4.69, 9.17) is 15.5 Å². The van der Waals surface area contributed by atoms with Gasteiger partial charge in [0.2, 0.25) is 0 Å². The average Bonchev–Trinajstić information content (AvgIpc) is 2.57. The van der Waals surface area contributed by atoms with Gasteiger partial charge in [-0.1, -0.05) is 60.7 Å². The minimum atomic E-state index is -0.0457. The first-order chi connectivity index (χ1) is 10.9. The number of aliphatic hydroxyl groups is 2. The molecule has 0 heterocycles. The van der Waals surface area contributed by atoms with Gasteiger partial charge in [0.15, 0.2) is 10.1 Å². The predicted octanol–water partition coefficient (Wildman–Crippen LogP) is 5.01. The lowest BCUT2D eigenvalue weighted by molar-refractivity contribution is 0.570. The Labute approximate surface area is 147 Å². The van der Waals surface area contributed by atoms with Crippen molar-refractivity contribution in [3.8, 4) is 6.07 Å². The number of aliphatic hydroxyl groups excluding tert-OH is 2. The summed E-state index contributed by atoms with van der Waals surface area (Å²) in [6.07, 6.45) is 0. The van der Waals surface area contributed by atoms with Gasteiger partial charge in [-0.2, -0.15) is 5.26 Å². The van der Waals surface area contributed by atoms with Crippen LogP contribution in [0.1, 0.15) is 25.0 Å². The van der Waals surface area contributed by atoms with Crippen LogP contribution in [0.4, 0.5) is 0 Å². The van der Waals surface area contributed by atoms with Crippen LogP contribution in [0.5, 0.6) is 0 Å². The molecule has 0 amide bonds. The molecule has 2 aromatic carbocycles. The molecule has 0 saturated carbocycles. The van der Waals surface area contributed by atoms with E-state index in [-0.39, 0.29) is 16.0 Å². The molecule has 5 heteroatoms. The first kappa shape index (κ1) is 20.7.